The lowest BCUT2D eigenvalue weighted by Crippen LogP contribution is -2.28. The van der Waals surface area contributed by atoms with E-state index in [1.807, 2.05) is 6.92 Å². The Morgan fingerprint density at radius 1 is 0.800 bits per heavy atom. The lowest BCUT2D eigenvalue weighted by molar-refractivity contribution is -0.597. The summed E-state index contributed by atoms with van der Waals surface area (Å²) in [6.07, 6.45) is 21.9. The van der Waals surface area contributed by atoms with Crippen LogP contribution in [0, 0.1) is 0 Å². The zero-order valence-electron chi connectivity index (χ0n) is 17.2. The van der Waals surface area contributed by atoms with Crippen molar-refractivity contribution in [1.29, 1.82) is 0 Å². The van der Waals surface area contributed by atoms with Gasteiger partial charge in [0.05, 0.1) is 0 Å². The summed E-state index contributed by atoms with van der Waals surface area (Å²) in [5.74, 6) is 1.25. The number of hydrogen-bond donors (Lipinski definition) is 2. The van der Waals surface area contributed by atoms with Crippen molar-refractivity contribution >= 4 is 5.84 Å². The van der Waals surface area contributed by atoms with E-state index in [2.05, 4.69) is 16.8 Å². The predicted octanol–water partition coefficient (Wildman–Crippen LogP) is 5.60. The van der Waals surface area contributed by atoms with Crippen LogP contribution in [0.15, 0.2) is 0 Å². The summed E-state index contributed by atoms with van der Waals surface area (Å²) < 4.78 is 2.10. The Hall–Kier alpha value is -0.570. The SMILES string of the molecule is CCCCCCCCCCCCCCCCCC1=[N+](C(C)O)CCN1. The van der Waals surface area contributed by atoms with Crippen LogP contribution in [-0.2, 0) is 0 Å². The molecule has 0 aromatic carbocycles. The van der Waals surface area contributed by atoms with Gasteiger partial charge in [-0.25, -0.2) is 4.58 Å². The van der Waals surface area contributed by atoms with Gasteiger partial charge in [0.25, 0.3) is 0 Å². The summed E-state index contributed by atoms with van der Waals surface area (Å²) in [7, 11) is 0. The first kappa shape index (κ1) is 22.5. The van der Waals surface area contributed by atoms with Crippen LogP contribution in [-0.4, -0.2) is 34.8 Å². The number of amidine groups is 1. The second kappa shape index (κ2) is 15.7. The van der Waals surface area contributed by atoms with Crippen LogP contribution >= 0.6 is 0 Å². The first-order chi connectivity index (χ1) is 12.3. The molecule has 0 spiro atoms. The molecule has 0 saturated carbocycles. The van der Waals surface area contributed by atoms with Crippen LogP contribution in [0.1, 0.15) is 117 Å². The average molecular weight is 354 g/mol. The second-order valence-corrected chi connectivity index (χ2v) is 7.90. The van der Waals surface area contributed by atoms with Gasteiger partial charge in [-0.3, -0.25) is 5.32 Å². The van der Waals surface area contributed by atoms with Crippen LogP contribution in [0.2, 0.25) is 0 Å². The van der Waals surface area contributed by atoms with E-state index in [0.29, 0.717) is 0 Å². The van der Waals surface area contributed by atoms with Crippen LogP contribution in [0.5, 0.6) is 0 Å². The third kappa shape index (κ3) is 11.6. The number of rotatable bonds is 17. The maximum absolute atomic E-state index is 9.71. The summed E-state index contributed by atoms with van der Waals surface area (Å²) >= 11 is 0. The van der Waals surface area contributed by atoms with Crippen molar-refractivity contribution in [2.24, 2.45) is 0 Å². The van der Waals surface area contributed by atoms with Gasteiger partial charge < -0.3 is 5.11 Å². The van der Waals surface area contributed by atoms with E-state index in [1.165, 1.54) is 102 Å². The zero-order chi connectivity index (χ0) is 18.2. The van der Waals surface area contributed by atoms with E-state index in [1.54, 1.807) is 0 Å². The normalized spacial score (nSPS) is 15.6. The summed E-state index contributed by atoms with van der Waals surface area (Å²) in [6, 6.07) is 0. The summed E-state index contributed by atoms with van der Waals surface area (Å²) in [6.45, 7) is 6.08. The monoisotopic (exact) mass is 353 g/mol. The summed E-state index contributed by atoms with van der Waals surface area (Å²) in [5.41, 5.74) is 0. The molecule has 1 rings (SSSR count). The van der Waals surface area contributed by atoms with E-state index in [4.69, 9.17) is 0 Å². The Bertz CT molecular complexity index is 339. The fourth-order valence-electron chi connectivity index (χ4n) is 3.87. The highest BCUT2D eigenvalue weighted by Crippen LogP contribution is 2.14. The molecule has 0 aliphatic carbocycles. The van der Waals surface area contributed by atoms with Gasteiger partial charge in [0.1, 0.15) is 13.1 Å². The van der Waals surface area contributed by atoms with Crippen molar-refractivity contribution < 1.29 is 9.68 Å². The van der Waals surface area contributed by atoms with E-state index in [-0.39, 0.29) is 6.23 Å². The molecule has 1 unspecified atom stereocenters. The molecular weight excluding hydrogens is 308 g/mol. The lowest BCUT2D eigenvalue weighted by Gasteiger charge is -2.06. The molecular formula is C22H45N2O+. The molecule has 3 heteroatoms. The van der Waals surface area contributed by atoms with Gasteiger partial charge in [-0.15, -0.1) is 0 Å². The molecule has 1 atom stereocenters. The van der Waals surface area contributed by atoms with Crippen LogP contribution in [0.3, 0.4) is 0 Å². The quantitative estimate of drug-likeness (QED) is 0.264. The van der Waals surface area contributed by atoms with Crippen LogP contribution < -0.4 is 5.32 Å². The number of hydrogen-bond acceptors (Lipinski definition) is 2. The molecule has 148 valence electrons. The van der Waals surface area contributed by atoms with Gasteiger partial charge in [0.2, 0.25) is 5.84 Å². The predicted molar refractivity (Wildman–Crippen MR) is 109 cm³/mol. The first-order valence-electron chi connectivity index (χ1n) is 11.3. The van der Waals surface area contributed by atoms with Crippen molar-refractivity contribution in [2.75, 3.05) is 13.1 Å². The Morgan fingerprint density at radius 2 is 1.24 bits per heavy atom. The minimum Gasteiger partial charge on any atom is -0.356 e. The number of nitrogens with zero attached hydrogens (tertiary/aromatic N) is 1. The summed E-state index contributed by atoms with van der Waals surface area (Å²) in [4.78, 5) is 0. The van der Waals surface area contributed by atoms with Gasteiger partial charge in [0.15, 0.2) is 6.23 Å². The van der Waals surface area contributed by atoms with E-state index in [9.17, 15) is 5.11 Å². The molecule has 0 bridgehead atoms. The first-order valence-corrected chi connectivity index (χ1v) is 11.3. The molecule has 0 saturated heterocycles. The smallest absolute Gasteiger partial charge is 0.247 e. The number of aliphatic hydroxyl groups excluding tert-OH is 1. The molecule has 0 amide bonds. The van der Waals surface area contributed by atoms with Crippen LogP contribution in [0.4, 0.5) is 0 Å². The molecule has 0 fully saturated rings. The molecule has 3 nitrogen and oxygen atoms in total. The Balaban J connectivity index is 1.80. The minimum atomic E-state index is -0.346. The molecule has 1 aliphatic rings. The minimum absolute atomic E-state index is 0.346. The fraction of sp³-hybridized carbons (Fsp3) is 0.955. The van der Waals surface area contributed by atoms with Crippen molar-refractivity contribution in [3.05, 3.63) is 0 Å². The van der Waals surface area contributed by atoms with Gasteiger partial charge in [-0.05, 0) is 6.42 Å². The van der Waals surface area contributed by atoms with E-state index in [0.717, 1.165) is 19.5 Å². The Kier molecular flexibility index (Phi) is 14.1. The Morgan fingerprint density at radius 3 is 1.68 bits per heavy atom. The molecule has 0 aromatic heterocycles. The van der Waals surface area contributed by atoms with E-state index < -0.39 is 0 Å². The highest BCUT2D eigenvalue weighted by atomic mass is 16.3. The maximum Gasteiger partial charge on any atom is 0.247 e. The molecule has 2 N–H and O–H groups in total. The largest absolute Gasteiger partial charge is 0.356 e. The van der Waals surface area contributed by atoms with Crippen LogP contribution in [0.25, 0.3) is 0 Å². The van der Waals surface area contributed by atoms with Gasteiger partial charge in [0, 0.05) is 13.3 Å². The van der Waals surface area contributed by atoms with E-state index >= 15 is 0 Å². The van der Waals surface area contributed by atoms with Crippen molar-refractivity contribution in [1.82, 2.24) is 5.32 Å². The molecule has 1 heterocycles. The molecule has 25 heavy (non-hydrogen) atoms. The van der Waals surface area contributed by atoms with Gasteiger partial charge >= 0.3 is 0 Å². The van der Waals surface area contributed by atoms with Crippen molar-refractivity contribution in [2.45, 2.75) is 123 Å². The second-order valence-electron chi connectivity index (χ2n) is 7.90. The molecule has 0 aromatic rings. The number of aliphatic hydroxyl groups is 1. The van der Waals surface area contributed by atoms with Crippen molar-refractivity contribution in [3.8, 4) is 0 Å². The maximum atomic E-state index is 9.71. The highest BCUT2D eigenvalue weighted by Gasteiger charge is 2.22. The third-order valence-electron chi connectivity index (χ3n) is 5.50. The number of nitrogens with one attached hydrogen (secondary N) is 1. The average Bonchev–Trinajstić information content (AvgIpc) is 3.07. The highest BCUT2D eigenvalue weighted by molar-refractivity contribution is 5.78. The Labute approximate surface area is 157 Å². The molecule has 1 aliphatic heterocycles. The summed E-state index contributed by atoms with van der Waals surface area (Å²) in [5, 5.41) is 13.1. The lowest BCUT2D eigenvalue weighted by atomic mass is 10.0. The third-order valence-corrected chi connectivity index (χ3v) is 5.50. The van der Waals surface area contributed by atoms with Gasteiger partial charge in [-0.2, -0.15) is 0 Å². The zero-order valence-corrected chi connectivity index (χ0v) is 17.2. The topological polar surface area (TPSA) is 35.3 Å². The van der Waals surface area contributed by atoms with Gasteiger partial charge in [-0.1, -0.05) is 96.8 Å². The molecule has 0 radical (unpaired) electrons. The van der Waals surface area contributed by atoms with Crippen molar-refractivity contribution in [3.63, 3.8) is 0 Å². The standard InChI is InChI=1S/C22H44N2O/c1-3-4-5-6-7-8-9-10-11-12-13-14-15-16-17-18-22-23-19-20-24(22)21(2)25/h21,25H,3-20H2,1-2H3/p+1. The fourth-order valence-corrected chi connectivity index (χ4v) is 3.87. The number of unbranched alkanes of at least 4 members (excludes halogenated alkanes) is 14.